The molecule has 1 fully saturated rings. The number of piperazine rings is 1. The molecule has 1 aliphatic heterocycles. The van der Waals surface area contributed by atoms with Crippen molar-refractivity contribution in [1.29, 1.82) is 0 Å². The molecule has 1 N–H and O–H groups in total. The van der Waals surface area contributed by atoms with Gasteiger partial charge in [-0.1, -0.05) is 29.8 Å². The summed E-state index contributed by atoms with van der Waals surface area (Å²) in [6.07, 6.45) is 1.55. The number of amides is 1. The van der Waals surface area contributed by atoms with Gasteiger partial charge in [0.2, 0.25) is 10.0 Å². The molecule has 1 aliphatic rings. The Morgan fingerprint density at radius 2 is 1.74 bits per heavy atom. The van der Waals surface area contributed by atoms with Gasteiger partial charge in [-0.05, 0) is 18.2 Å². The number of sulfonamides is 1. The highest BCUT2D eigenvalue weighted by molar-refractivity contribution is 7.89. The van der Waals surface area contributed by atoms with Gasteiger partial charge in [0.25, 0.3) is 5.91 Å². The number of carbonyl (C=O) groups excluding carboxylic acids is 1. The smallest absolute Gasteiger partial charge is 0.270 e. The molecule has 6 nitrogen and oxygen atoms in total. The van der Waals surface area contributed by atoms with E-state index in [0.717, 1.165) is 0 Å². The van der Waals surface area contributed by atoms with Gasteiger partial charge in [0.05, 0.1) is 9.92 Å². The first-order valence-electron chi connectivity index (χ1n) is 7.17. The van der Waals surface area contributed by atoms with Gasteiger partial charge in [-0.3, -0.25) is 4.79 Å². The van der Waals surface area contributed by atoms with E-state index in [-0.39, 0.29) is 23.9 Å². The molecule has 0 atom stereocenters. The Kier molecular flexibility index (Phi) is 4.43. The van der Waals surface area contributed by atoms with Gasteiger partial charge in [-0.2, -0.15) is 4.31 Å². The Labute approximate surface area is 139 Å². The van der Waals surface area contributed by atoms with E-state index in [2.05, 4.69) is 4.98 Å². The molecule has 0 aliphatic carbocycles. The third kappa shape index (κ3) is 3.26. The van der Waals surface area contributed by atoms with Crippen molar-refractivity contribution in [3.8, 4) is 0 Å². The zero-order valence-corrected chi connectivity index (χ0v) is 13.8. The molecule has 0 spiro atoms. The molecule has 0 saturated carbocycles. The minimum absolute atomic E-state index is 0.173. The van der Waals surface area contributed by atoms with Gasteiger partial charge in [-0.25, -0.2) is 8.42 Å². The second-order valence-corrected chi connectivity index (χ2v) is 7.62. The number of halogens is 1. The van der Waals surface area contributed by atoms with Gasteiger partial charge in [0.1, 0.15) is 5.69 Å². The van der Waals surface area contributed by atoms with Gasteiger partial charge in [-0.15, -0.1) is 0 Å². The zero-order valence-electron chi connectivity index (χ0n) is 12.3. The van der Waals surface area contributed by atoms with Gasteiger partial charge in [0.15, 0.2) is 0 Å². The summed E-state index contributed by atoms with van der Waals surface area (Å²) in [6, 6.07) is 9.89. The minimum Gasteiger partial charge on any atom is -0.356 e. The van der Waals surface area contributed by atoms with Crippen LogP contribution in [0.25, 0.3) is 0 Å². The lowest BCUT2D eigenvalue weighted by atomic mass is 10.3. The Hall–Kier alpha value is -1.83. The van der Waals surface area contributed by atoms with Crippen LogP contribution in [0.2, 0.25) is 5.02 Å². The van der Waals surface area contributed by atoms with Crippen molar-refractivity contribution in [3.05, 3.63) is 53.3 Å². The molecule has 2 aromatic rings. The lowest BCUT2D eigenvalue weighted by Gasteiger charge is -2.33. The van der Waals surface area contributed by atoms with Crippen LogP contribution in [-0.4, -0.2) is 54.7 Å². The highest BCUT2D eigenvalue weighted by Gasteiger charge is 2.30. The summed E-state index contributed by atoms with van der Waals surface area (Å²) in [7, 11) is -3.51. The van der Waals surface area contributed by atoms with E-state index in [1.54, 1.807) is 47.5 Å². The Morgan fingerprint density at radius 1 is 1.09 bits per heavy atom. The summed E-state index contributed by atoms with van der Waals surface area (Å²) in [5, 5.41) is 0.471. The first-order chi connectivity index (χ1) is 11.0. The molecule has 3 rings (SSSR count). The molecule has 0 bridgehead atoms. The molecule has 2 heterocycles. The van der Waals surface area contributed by atoms with Crippen LogP contribution in [0.15, 0.2) is 47.5 Å². The lowest BCUT2D eigenvalue weighted by molar-refractivity contribution is 0.0692. The largest absolute Gasteiger partial charge is 0.356 e. The molecule has 0 radical (unpaired) electrons. The van der Waals surface area contributed by atoms with Crippen molar-refractivity contribution in [2.45, 2.75) is 4.90 Å². The number of nitrogens with zero attached hydrogens (tertiary/aromatic N) is 2. The van der Waals surface area contributed by atoms with Crippen molar-refractivity contribution >= 4 is 27.5 Å². The number of carbonyl (C=O) groups is 1. The maximum Gasteiger partial charge on any atom is 0.270 e. The summed E-state index contributed by atoms with van der Waals surface area (Å²) in [5.41, 5.74) is 0.411. The molecule has 1 aromatic heterocycles. The standard InChI is InChI=1S/C15H16ClN3O3S/c16-12-10-14(17-11-12)15(20)18-6-8-19(9-7-18)23(21,22)13-4-2-1-3-5-13/h1-5,10-11,17H,6-9H2. The summed E-state index contributed by atoms with van der Waals surface area (Å²) in [4.78, 5) is 17.0. The van der Waals surface area contributed by atoms with E-state index in [9.17, 15) is 13.2 Å². The maximum absolute atomic E-state index is 12.5. The van der Waals surface area contributed by atoms with Crippen LogP contribution in [0.1, 0.15) is 10.5 Å². The van der Waals surface area contributed by atoms with Crippen LogP contribution in [0.4, 0.5) is 0 Å². The number of H-pyrrole nitrogens is 1. The second-order valence-electron chi connectivity index (χ2n) is 5.24. The summed E-state index contributed by atoms with van der Waals surface area (Å²) < 4.78 is 26.5. The van der Waals surface area contributed by atoms with E-state index in [1.165, 1.54) is 4.31 Å². The predicted molar refractivity (Wildman–Crippen MR) is 86.9 cm³/mol. The summed E-state index contributed by atoms with van der Waals surface area (Å²) in [6.45, 7) is 1.25. The van der Waals surface area contributed by atoms with E-state index in [1.807, 2.05) is 0 Å². The average Bonchev–Trinajstić information content (AvgIpc) is 3.01. The molecule has 1 amide bonds. The predicted octanol–water partition coefficient (Wildman–Crippen LogP) is 1.81. The third-order valence-electron chi connectivity index (χ3n) is 3.79. The first-order valence-corrected chi connectivity index (χ1v) is 8.99. The normalized spacial score (nSPS) is 16.5. The SMILES string of the molecule is O=C(c1cc(Cl)c[nH]1)N1CCN(S(=O)(=O)c2ccccc2)CC1. The Bertz CT molecular complexity index is 796. The molecule has 0 unspecified atom stereocenters. The minimum atomic E-state index is -3.51. The fourth-order valence-electron chi connectivity index (χ4n) is 2.53. The van der Waals surface area contributed by atoms with Crippen LogP contribution in [-0.2, 0) is 10.0 Å². The van der Waals surface area contributed by atoms with Crippen molar-refractivity contribution in [2.24, 2.45) is 0 Å². The van der Waals surface area contributed by atoms with E-state index >= 15 is 0 Å². The topological polar surface area (TPSA) is 73.5 Å². The molecule has 1 saturated heterocycles. The quantitative estimate of drug-likeness (QED) is 0.914. The fourth-order valence-corrected chi connectivity index (χ4v) is 4.14. The van der Waals surface area contributed by atoms with Gasteiger partial charge >= 0.3 is 0 Å². The van der Waals surface area contributed by atoms with Crippen LogP contribution < -0.4 is 0 Å². The zero-order chi connectivity index (χ0) is 16.4. The van der Waals surface area contributed by atoms with Gasteiger partial charge in [0, 0.05) is 32.4 Å². The van der Waals surface area contributed by atoms with Crippen LogP contribution >= 0.6 is 11.6 Å². The molecule has 1 aromatic carbocycles. The number of hydrogen-bond donors (Lipinski definition) is 1. The van der Waals surface area contributed by atoms with Crippen molar-refractivity contribution in [1.82, 2.24) is 14.2 Å². The number of benzene rings is 1. The second kappa shape index (κ2) is 6.35. The highest BCUT2D eigenvalue weighted by Crippen LogP contribution is 2.18. The summed E-state index contributed by atoms with van der Waals surface area (Å²) >= 11 is 5.80. The molecule has 8 heteroatoms. The van der Waals surface area contributed by atoms with Crippen molar-refractivity contribution in [3.63, 3.8) is 0 Å². The Morgan fingerprint density at radius 3 is 2.30 bits per heavy atom. The van der Waals surface area contributed by atoms with E-state index < -0.39 is 10.0 Å². The highest BCUT2D eigenvalue weighted by atomic mass is 35.5. The lowest BCUT2D eigenvalue weighted by Crippen LogP contribution is -2.50. The van der Waals surface area contributed by atoms with Gasteiger partial charge < -0.3 is 9.88 Å². The Balaban J connectivity index is 1.68. The maximum atomic E-state index is 12.5. The molecule has 122 valence electrons. The number of hydrogen-bond acceptors (Lipinski definition) is 3. The third-order valence-corrected chi connectivity index (χ3v) is 5.92. The molecular weight excluding hydrogens is 338 g/mol. The van der Waals surface area contributed by atoms with Crippen LogP contribution in [0.3, 0.4) is 0 Å². The number of aromatic nitrogens is 1. The monoisotopic (exact) mass is 353 g/mol. The molecular formula is C15H16ClN3O3S. The molecule has 23 heavy (non-hydrogen) atoms. The van der Waals surface area contributed by atoms with E-state index in [0.29, 0.717) is 23.8 Å². The van der Waals surface area contributed by atoms with Crippen molar-refractivity contribution in [2.75, 3.05) is 26.2 Å². The first kappa shape index (κ1) is 16.0. The summed E-state index contributed by atoms with van der Waals surface area (Å²) in [5.74, 6) is -0.173. The van der Waals surface area contributed by atoms with Crippen molar-refractivity contribution < 1.29 is 13.2 Å². The fraction of sp³-hybridized carbons (Fsp3) is 0.267. The average molecular weight is 354 g/mol. The number of aromatic amines is 1. The van der Waals surface area contributed by atoms with Crippen LogP contribution in [0, 0.1) is 0 Å². The number of rotatable bonds is 3. The van der Waals surface area contributed by atoms with E-state index in [4.69, 9.17) is 11.6 Å². The number of nitrogens with one attached hydrogen (secondary N) is 1. The van der Waals surface area contributed by atoms with Crippen LogP contribution in [0.5, 0.6) is 0 Å².